The van der Waals surface area contributed by atoms with Crippen molar-refractivity contribution in [3.63, 3.8) is 0 Å². The van der Waals surface area contributed by atoms with Crippen molar-refractivity contribution in [2.24, 2.45) is 11.8 Å². The molecule has 1 aliphatic carbocycles. The Morgan fingerprint density at radius 2 is 1.91 bits per heavy atom. The number of piperidine rings is 1. The van der Waals surface area contributed by atoms with Crippen molar-refractivity contribution in [2.45, 2.75) is 51.5 Å². The van der Waals surface area contributed by atoms with Crippen LogP contribution < -0.4 is 5.32 Å². The Morgan fingerprint density at radius 1 is 1.22 bits per heavy atom. The number of rotatable bonds is 7. The zero-order valence-corrected chi connectivity index (χ0v) is 15.0. The number of likely N-dealkylation sites (N-methyl/N-ethyl adjacent to an activating group) is 1. The molecule has 0 radical (unpaired) electrons. The van der Waals surface area contributed by atoms with E-state index in [0.717, 1.165) is 32.6 Å². The number of carbonyl (C=O) groups is 1. The number of aliphatic hydroxyl groups excluding tert-OH is 1. The van der Waals surface area contributed by atoms with Crippen molar-refractivity contribution in [3.05, 3.63) is 0 Å². The minimum Gasteiger partial charge on any atom is -0.395 e. The highest BCUT2D eigenvalue weighted by Gasteiger charge is 2.24. The summed E-state index contributed by atoms with van der Waals surface area (Å²) in [5.41, 5.74) is 0. The second-order valence-electron chi connectivity index (χ2n) is 7.64. The van der Waals surface area contributed by atoms with E-state index < -0.39 is 0 Å². The fraction of sp³-hybridized carbons (Fsp3) is 0.944. The summed E-state index contributed by atoms with van der Waals surface area (Å²) in [6.45, 7) is 6.97. The number of nitrogens with one attached hydrogen (secondary N) is 1. The predicted molar refractivity (Wildman–Crippen MR) is 93.3 cm³/mol. The van der Waals surface area contributed by atoms with Gasteiger partial charge in [-0.1, -0.05) is 19.8 Å². The van der Waals surface area contributed by atoms with Crippen LogP contribution in [0.5, 0.6) is 0 Å². The number of β-amino-alcohol motifs (C(OH)–C–C–N with tert-alkyl or cyclic N) is 1. The second-order valence-corrected chi connectivity index (χ2v) is 7.64. The topological polar surface area (TPSA) is 55.8 Å². The Kier molecular flexibility index (Phi) is 7.80. The van der Waals surface area contributed by atoms with Crippen molar-refractivity contribution >= 4 is 5.91 Å². The monoisotopic (exact) mass is 325 g/mol. The van der Waals surface area contributed by atoms with Crippen LogP contribution in [-0.4, -0.2) is 73.2 Å². The standard InChI is InChI=1S/C18H35N3O2/c1-15-5-3-4-6-17(15)19-18(23)14-20(2)13-16-7-9-21(10-8-16)11-12-22/h15-17,22H,3-14H2,1-2H3,(H,19,23)/t15-,17-/m0/s1. The van der Waals surface area contributed by atoms with E-state index in [-0.39, 0.29) is 12.5 Å². The molecule has 0 unspecified atom stereocenters. The molecule has 1 heterocycles. The molecular weight excluding hydrogens is 290 g/mol. The van der Waals surface area contributed by atoms with Gasteiger partial charge in [-0.2, -0.15) is 0 Å². The zero-order chi connectivity index (χ0) is 16.7. The molecule has 1 aliphatic heterocycles. The van der Waals surface area contributed by atoms with Gasteiger partial charge in [0.2, 0.25) is 5.91 Å². The van der Waals surface area contributed by atoms with E-state index in [4.69, 9.17) is 5.11 Å². The van der Waals surface area contributed by atoms with E-state index in [1.54, 1.807) is 0 Å². The van der Waals surface area contributed by atoms with Gasteiger partial charge >= 0.3 is 0 Å². The molecule has 0 aromatic carbocycles. The smallest absolute Gasteiger partial charge is 0.234 e. The molecule has 134 valence electrons. The molecule has 5 heteroatoms. The average molecular weight is 325 g/mol. The van der Waals surface area contributed by atoms with Crippen LogP contribution in [0.1, 0.15) is 45.4 Å². The number of likely N-dealkylation sites (tertiary alicyclic amines) is 1. The van der Waals surface area contributed by atoms with Gasteiger partial charge in [0.25, 0.3) is 0 Å². The molecule has 0 spiro atoms. The summed E-state index contributed by atoms with van der Waals surface area (Å²) >= 11 is 0. The number of amides is 1. The van der Waals surface area contributed by atoms with Crippen molar-refractivity contribution in [1.29, 1.82) is 0 Å². The first kappa shape index (κ1) is 18.7. The normalized spacial score (nSPS) is 27.3. The predicted octanol–water partition coefficient (Wildman–Crippen LogP) is 1.32. The van der Waals surface area contributed by atoms with Crippen LogP contribution in [0.15, 0.2) is 0 Å². The Balaban J connectivity index is 1.64. The highest BCUT2D eigenvalue weighted by molar-refractivity contribution is 5.78. The average Bonchev–Trinajstić information content (AvgIpc) is 2.51. The summed E-state index contributed by atoms with van der Waals surface area (Å²) in [5.74, 6) is 1.48. The third-order valence-corrected chi connectivity index (χ3v) is 5.56. The fourth-order valence-corrected chi connectivity index (χ4v) is 4.07. The van der Waals surface area contributed by atoms with Gasteiger partial charge in [0, 0.05) is 19.1 Å². The van der Waals surface area contributed by atoms with Gasteiger partial charge in [0.1, 0.15) is 0 Å². The highest BCUT2D eigenvalue weighted by Crippen LogP contribution is 2.23. The van der Waals surface area contributed by atoms with Gasteiger partial charge in [-0.05, 0) is 57.7 Å². The van der Waals surface area contributed by atoms with Crippen LogP contribution in [0.3, 0.4) is 0 Å². The molecule has 23 heavy (non-hydrogen) atoms. The summed E-state index contributed by atoms with van der Waals surface area (Å²) in [5, 5.41) is 12.2. The minimum atomic E-state index is 0.184. The molecule has 0 aromatic rings. The van der Waals surface area contributed by atoms with E-state index >= 15 is 0 Å². The molecule has 0 bridgehead atoms. The molecule has 2 rings (SSSR count). The molecule has 1 saturated heterocycles. The minimum absolute atomic E-state index is 0.184. The maximum absolute atomic E-state index is 12.3. The number of nitrogens with zero attached hydrogens (tertiary/aromatic N) is 2. The van der Waals surface area contributed by atoms with Crippen LogP contribution in [0, 0.1) is 11.8 Å². The third kappa shape index (κ3) is 6.40. The largest absolute Gasteiger partial charge is 0.395 e. The van der Waals surface area contributed by atoms with Gasteiger partial charge in [-0.25, -0.2) is 0 Å². The molecular formula is C18H35N3O2. The number of carbonyl (C=O) groups excluding carboxylic acids is 1. The first-order valence-electron chi connectivity index (χ1n) is 9.39. The summed E-state index contributed by atoms with van der Waals surface area (Å²) in [6.07, 6.45) is 7.28. The van der Waals surface area contributed by atoms with Crippen molar-refractivity contribution < 1.29 is 9.90 Å². The number of hydrogen-bond acceptors (Lipinski definition) is 4. The van der Waals surface area contributed by atoms with E-state index in [2.05, 4.69) is 29.1 Å². The first-order chi connectivity index (χ1) is 11.1. The SMILES string of the molecule is C[C@H]1CCCC[C@@H]1NC(=O)CN(C)CC1CCN(CCO)CC1. The molecule has 2 atom stereocenters. The molecule has 1 amide bonds. The Bertz CT molecular complexity index is 356. The van der Waals surface area contributed by atoms with Gasteiger partial charge in [-0.15, -0.1) is 0 Å². The Labute approximate surface area is 141 Å². The number of aliphatic hydroxyl groups is 1. The van der Waals surface area contributed by atoms with Crippen LogP contribution in [0.25, 0.3) is 0 Å². The third-order valence-electron chi connectivity index (χ3n) is 5.56. The quantitative estimate of drug-likeness (QED) is 0.741. The number of hydrogen-bond donors (Lipinski definition) is 2. The Morgan fingerprint density at radius 3 is 2.57 bits per heavy atom. The van der Waals surface area contributed by atoms with Gasteiger partial charge in [0.15, 0.2) is 0 Å². The second kappa shape index (κ2) is 9.60. The molecule has 0 aromatic heterocycles. The zero-order valence-electron chi connectivity index (χ0n) is 15.0. The molecule has 2 N–H and O–H groups in total. The van der Waals surface area contributed by atoms with E-state index in [1.807, 2.05) is 0 Å². The van der Waals surface area contributed by atoms with Crippen molar-refractivity contribution in [1.82, 2.24) is 15.1 Å². The lowest BCUT2D eigenvalue weighted by atomic mass is 9.86. The van der Waals surface area contributed by atoms with Crippen LogP contribution >= 0.6 is 0 Å². The molecule has 5 nitrogen and oxygen atoms in total. The van der Waals surface area contributed by atoms with Gasteiger partial charge < -0.3 is 15.3 Å². The Hall–Kier alpha value is -0.650. The fourth-order valence-electron chi connectivity index (χ4n) is 4.07. The molecule has 2 aliphatic rings. The lowest BCUT2D eigenvalue weighted by Crippen LogP contribution is -2.46. The van der Waals surface area contributed by atoms with Gasteiger partial charge in [0.05, 0.1) is 13.2 Å². The molecule has 2 fully saturated rings. The van der Waals surface area contributed by atoms with Crippen LogP contribution in [-0.2, 0) is 4.79 Å². The summed E-state index contributed by atoms with van der Waals surface area (Å²) in [6, 6.07) is 0.381. The van der Waals surface area contributed by atoms with Gasteiger partial charge in [-0.3, -0.25) is 9.69 Å². The summed E-state index contributed by atoms with van der Waals surface area (Å²) in [4.78, 5) is 16.8. The van der Waals surface area contributed by atoms with Crippen molar-refractivity contribution in [3.8, 4) is 0 Å². The van der Waals surface area contributed by atoms with Crippen LogP contribution in [0.4, 0.5) is 0 Å². The first-order valence-corrected chi connectivity index (χ1v) is 9.39. The maximum Gasteiger partial charge on any atom is 0.234 e. The van der Waals surface area contributed by atoms with Crippen LogP contribution in [0.2, 0.25) is 0 Å². The lowest BCUT2D eigenvalue weighted by Gasteiger charge is -2.34. The summed E-state index contributed by atoms with van der Waals surface area (Å²) < 4.78 is 0. The highest BCUT2D eigenvalue weighted by atomic mass is 16.3. The van der Waals surface area contributed by atoms with E-state index in [1.165, 1.54) is 32.1 Å². The maximum atomic E-state index is 12.3. The lowest BCUT2D eigenvalue weighted by molar-refractivity contribution is -0.123. The van der Waals surface area contributed by atoms with E-state index in [9.17, 15) is 4.79 Å². The van der Waals surface area contributed by atoms with Crippen molar-refractivity contribution in [2.75, 3.05) is 46.4 Å². The molecule has 1 saturated carbocycles. The van der Waals surface area contributed by atoms with E-state index in [0.29, 0.717) is 24.4 Å². The summed E-state index contributed by atoms with van der Waals surface area (Å²) in [7, 11) is 2.06.